The van der Waals surface area contributed by atoms with Gasteiger partial charge in [-0.25, -0.2) is 14.4 Å². The predicted molar refractivity (Wildman–Crippen MR) is 110 cm³/mol. The lowest BCUT2D eigenvalue weighted by Gasteiger charge is -2.14. The number of nitrogens with zero attached hydrogens (tertiary/aromatic N) is 4. The Morgan fingerprint density at radius 3 is 2.66 bits per heavy atom. The minimum atomic E-state index is -0.348. The summed E-state index contributed by atoms with van der Waals surface area (Å²) in [6.07, 6.45) is 3.61. The van der Waals surface area contributed by atoms with Gasteiger partial charge in [-0.2, -0.15) is 5.26 Å². The molecule has 0 unspecified atom stereocenters. The zero-order chi connectivity index (χ0) is 20.2. The van der Waals surface area contributed by atoms with Gasteiger partial charge in [0.25, 0.3) is 0 Å². The number of aromatic nitrogens is 3. The van der Waals surface area contributed by atoms with Crippen LogP contribution >= 0.6 is 0 Å². The first-order valence-corrected chi connectivity index (χ1v) is 9.05. The van der Waals surface area contributed by atoms with E-state index in [1.54, 1.807) is 12.3 Å². The number of para-hydroxylation sites is 1. The molecule has 0 spiro atoms. The van der Waals surface area contributed by atoms with E-state index >= 15 is 0 Å². The van der Waals surface area contributed by atoms with Crippen LogP contribution in [0.3, 0.4) is 0 Å². The number of benzene rings is 2. The van der Waals surface area contributed by atoms with E-state index in [2.05, 4.69) is 20.3 Å². The Balaban J connectivity index is 1.70. The van der Waals surface area contributed by atoms with Crippen molar-refractivity contribution in [1.82, 2.24) is 15.0 Å². The molecule has 0 aliphatic heterocycles. The van der Waals surface area contributed by atoms with Crippen molar-refractivity contribution in [1.29, 1.82) is 5.26 Å². The van der Waals surface area contributed by atoms with Crippen molar-refractivity contribution >= 4 is 22.5 Å². The maximum Gasteiger partial charge on any atom is 0.149 e. The molecule has 2 aromatic heterocycles. The van der Waals surface area contributed by atoms with Gasteiger partial charge in [0.1, 0.15) is 40.9 Å². The van der Waals surface area contributed by atoms with E-state index in [0.717, 1.165) is 22.1 Å². The minimum Gasteiger partial charge on any atom is -0.382 e. The van der Waals surface area contributed by atoms with Crippen LogP contribution in [-0.4, -0.2) is 21.5 Å². The number of hydrogen-bond acceptors (Lipinski definition) is 6. The molecule has 0 aliphatic rings. The molecule has 4 rings (SSSR count). The first-order valence-electron chi connectivity index (χ1n) is 9.05. The fourth-order valence-corrected chi connectivity index (χ4v) is 3.32. The maximum atomic E-state index is 14.3. The van der Waals surface area contributed by atoms with Crippen molar-refractivity contribution in [3.63, 3.8) is 0 Å². The second-order valence-corrected chi connectivity index (χ2v) is 6.43. The quantitative estimate of drug-likeness (QED) is 0.541. The summed E-state index contributed by atoms with van der Waals surface area (Å²) < 4.78 is 14.3. The molecule has 0 aliphatic carbocycles. The summed E-state index contributed by atoms with van der Waals surface area (Å²) >= 11 is 0. The van der Waals surface area contributed by atoms with E-state index in [-0.39, 0.29) is 17.2 Å². The fraction of sp³-hybridized carbons (Fsp3) is 0.0909. The van der Waals surface area contributed by atoms with Crippen LogP contribution in [0.2, 0.25) is 0 Å². The van der Waals surface area contributed by atoms with Gasteiger partial charge in [0, 0.05) is 18.1 Å². The van der Waals surface area contributed by atoms with Gasteiger partial charge in [0.05, 0.1) is 0 Å². The Bertz CT molecular complexity index is 1220. The van der Waals surface area contributed by atoms with Gasteiger partial charge in [-0.3, -0.25) is 4.98 Å². The molecule has 2 aromatic carbocycles. The van der Waals surface area contributed by atoms with Crippen molar-refractivity contribution in [2.24, 2.45) is 0 Å². The number of fused-ring (bicyclic) bond motifs is 1. The highest BCUT2D eigenvalue weighted by molar-refractivity contribution is 5.96. The molecule has 0 saturated carbocycles. The number of anilines is 2. The lowest BCUT2D eigenvalue weighted by molar-refractivity contribution is 0.637. The number of pyridine rings is 1. The van der Waals surface area contributed by atoms with Crippen molar-refractivity contribution in [3.05, 3.63) is 78.0 Å². The summed E-state index contributed by atoms with van der Waals surface area (Å²) in [4.78, 5) is 12.3. The van der Waals surface area contributed by atoms with E-state index < -0.39 is 0 Å². The molecule has 2 heterocycles. The Morgan fingerprint density at radius 2 is 1.86 bits per heavy atom. The normalized spacial score (nSPS) is 10.6. The standard InChI is InChI=1S/C22H17FN6/c23-18-8-4-7-16-19(14-5-2-1-3-6-14)15(12-27-20(16)18)9-10-26-22-17(11-24)21(25)28-13-29-22/h1-8,12-13H,9-10H2,(H3,25,26,28,29). The van der Waals surface area contributed by atoms with Gasteiger partial charge in [0.2, 0.25) is 0 Å². The molecule has 7 heteroatoms. The Labute approximate surface area is 166 Å². The second-order valence-electron chi connectivity index (χ2n) is 6.43. The second kappa shape index (κ2) is 7.90. The summed E-state index contributed by atoms with van der Waals surface area (Å²) in [5.41, 5.74) is 9.19. The Hall–Kier alpha value is -4.05. The summed E-state index contributed by atoms with van der Waals surface area (Å²) in [5, 5.41) is 13.2. The number of rotatable bonds is 5. The first kappa shape index (κ1) is 18.3. The molecule has 0 atom stereocenters. The molecule has 142 valence electrons. The third kappa shape index (κ3) is 3.56. The highest BCUT2D eigenvalue weighted by Crippen LogP contribution is 2.32. The van der Waals surface area contributed by atoms with Gasteiger partial charge < -0.3 is 11.1 Å². The van der Waals surface area contributed by atoms with E-state index in [1.807, 2.05) is 42.5 Å². The van der Waals surface area contributed by atoms with Gasteiger partial charge in [0.15, 0.2) is 0 Å². The van der Waals surface area contributed by atoms with Crippen LogP contribution in [0.25, 0.3) is 22.0 Å². The van der Waals surface area contributed by atoms with E-state index in [0.29, 0.717) is 24.3 Å². The molecule has 0 fully saturated rings. The topological polar surface area (TPSA) is 101 Å². The lowest BCUT2D eigenvalue weighted by Crippen LogP contribution is -2.10. The zero-order valence-corrected chi connectivity index (χ0v) is 15.4. The molecule has 3 N–H and O–H groups in total. The zero-order valence-electron chi connectivity index (χ0n) is 15.4. The number of nitriles is 1. The van der Waals surface area contributed by atoms with Crippen LogP contribution in [0, 0.1) is 17.1 Å². The largest absolute Gasteiger partial charge is 0.382 e. The molecule has 29 heavy (non-hydrogen) atoms. The third-order valence-electron chi connectivity index (χ3n) is 4.66. The van der Waals surface area contributed by atoms with Crippen molar-refractivity contribution in [3.8, 4) is 17.2 Å². The summed E-state index contributed by atoms with van der Waals surface area (Å²) in [7, 11) is 0. The lowest BCUT2D eigenvalue weighted by atomic mass is 9.95. The van der Waals surface area contributed by atoms with E-state index in [9.17, 15) is 9.65 Å². The average Bonchev–Trinajstić information content (AvgIpc) is 2.74. The van der Waals surface area contributed by atoms with Crippen LogP contribution in [-0.2, 0) is 6.42 Å². The highest BCUT2D eigenvalue weighted by atomic mass is 19.1. The summed E-state index contributed by atoms with van der Waals surface area (Å²) in [6.45, 7) is 0.494. The number of hydrogen-bond donors (Lipinski definition) is 2. The van der Waals surface area contributed by atoms with Gasteiger partial charge in [-0.15, -0.1) is 0 Å². The monoisotopic (exact) mass is 384 g/mol. The number of nitrogen functional groups attached to an aromatic ring is 1. The van der Waals surface area contributed by atoms with Crippen molar-refractivity contribution in [2.75, 3.05) is 17.6 Å². The molecule has 0 amide bonds. The fourth-order valence-electron chi connectivity index (χ4n) is 3.32. The van der Waals surface area contributed by atoms with Crippen LogP contribution in [0.5, 0.6) is 0 Å². The molecule has 0 radical (unpaired) electrons. The van der Waals surface area contributed by atoms with Gasteiger partial charge in [-0.05, 0) is 29.2 Å². The third-order valence-corrected chi connectivity index (χ3v) is 4.66. The van der Waals surface area contributed by atoms with Crippen LogP contribution in [0.4, 0.5) is 16.0 Å². The molecule has 0 bridgehead atoms. The summed E-state index contributed by atoms with van der Waals surface area (Å²) in [6, 6.07) is 16.8. The molecular formula is C22H17FN6. The first-order chi connectivity index (χ1) is 14.2. The average molecular weight is 384 g/mol. The summed E-state index contributed by atoms with van der Waals surface area (Å²) in [5.74, 6) is 0.179. The number of halogens is 1. The molecular weight excluding hydrogens is 367 g/mol. The minimum absolute atomic E-state index is 0.137. The Morgan fingerprint density at radius 1 is 1.03 bits per heavy atom. The smallest absolute Gasteiger partial charge is 0.149 e. The maximum absolute atomic E-state index is 14.3. The van der Waals surface area contributed by atoms with Gasteiger partial charge >= 0.3 is 0 Å². The van der Waals surface area contributed by atoms with E-state index in [1.165, 1.54) is 12.4 Å². The SMILES string of the molecule is N#Cc1c(N)ncnc1NCCc1cnc2c(F)cccc2c1-c1ccccc1. The highest BCUT2D eigenvalue weighted by Gasteiger charge is 2.14. The van der Waals surface area contributed by atoms with Crippen LogP contribution < -0.4 is 11.1 Å². The van der Waals surface area contributed by atoms with Crippen molar-refractivity contribution < 1.29 is 4.39 Å². The molecule has 6 nitrogen and oxygen atoms in total. The van der Waals surface area contributed by atoms with E-state index in [4.69, 9.17) is 5.73 Å². The van der Waals surface area contributed by atoms with Gasteiger partial charge in [-0.1, -0.05) is 42.5 Å². The Kier molecular flexibility index (Phi) is 4.99. The van der Waals surface area contributed by atoms with Crippen molar-refractivity contribution in [2.45, 2.75) is 6.42 Å². The number of nitrogens with two attached hydrogens (primary N) is 1. The van der Waals surface area contributed by atoms with Crippen LogP contribution in [0.1, 0.15) is 11.1 Å². The molecule has 4 aromatic rings. The predicted octanol–water partition coefficient (Wildman–Crippen LogP) is 3.94. The molecule has 0 saturated heterocycles. The van der Waals surface area contributed by atoms with Crippen LogP contribution in [0.15, 0.2) is 61.1 Å². The number of nitrogens with one attached hydrogen (secondary N) is 1.